The second-order valence-electron chi connectivity index (χ2n) is 4.74. The minimum absolute atomic E-state index is 0.142. The van der Waals surface area contributed by atoms with Crippen LogP contribution in [0, 0.1) is 20.8 Å². The molecule has 0 spiro atoms. The number of methoxy groups -OCH3 is 1. The van der Waals surface area contributed by atoms with Gasteiger partial charge in [-0.2, -0.15) is 0 Å². The van der Waals surface area contributed by atoms with Gasteiger partial charge in [-0.05, 0) is 43.5 Å². The maximum Gasteiger partial charge on any atom is 0.309 e. The Labute approximate surface area is 117 Å². The van der Waals surface area contributed by atoms with Crippen molar-refractivity contribution in [3.8, 4) is 17.2 Å². The number of hydrogen-bond acceptors (Lipinski definition) is 4. The molecule has 20 heavy (non-hydrogen) atoms. The molecule has 5 nitrogen and oxygen atoms in total. The van der Waals surface area contributed by atoms with Gasteiger partial charge in [0.1, 0.15) is 12.0 Å². The zero-order valence-electron chi connectivity index (χ0n) is 12.0. The van der Waals surface area contributed by atoms with Gasteiger partial charge >= 0.3 is 5.97 Å². The molecule has 1 aromatic carbocycles. The van der Waals surface area contributed by atoms with Crippen LogP contribution in [0.2, 0.25) is 0 Å². The third-order valence-corrected chi connectivity index (χ3v) is 3.34. The number of aliphatic carboxylic acids is 1. The predicted molar refractivity (Wildman–Crippen MR) is 74.0 cm³/mol. The van der Waals surface area contributed by atoms with Crippen LogP contribution in [-0.2, 0) is 11.2 Å². The first-order valence-corrected chi connectivity index (χ1v) is 6.25. The minimum Gasteiger partial charge on any atom is -0.496 e. The van der Waals surface area contributed by atoms with Crippen LogP contribution in [0.4, 0.5) is 0 Å². The number of benzene rings is 1. The molecule has 106 valence electrons. The van der Waals surface area contributed by atoms with Crippen molar-refractivity contribution < 1.29 is 19.1 Å². The molecule has 0 amide bonds. The molecule has 0 bridgehead atoms. The van der Waals surface area contributed by atoms with Crippen molar-refractivity contribution >= 4 is 5.97 Å². The van der Waals surface area contributed by atoms with E-state index in [1.165, 1.54) is 6.26 Å². The summed E-state index contributed by atoms with van der Waals surface area (Å²) in [5.41, 5.74) is 4.30. The average molecular weight is 275 g/mol. The van der Waals surface area contributed by atoms with Crippen molar-refractivity contribution in [3.63, 3.8) is 0 Å². The fourth-order valence-corrected chi connectivity index (χ4v) is 2.26. The summed E-state index contributed by atoms with van der Waals surface area (Å²) in [6, 6.07) is 1.94. The summed E-state index contributed by atoms with van der Waals surface area (Å²) in [5.74, 6) is 0.361. The smallest absolute Gasteiger partial charge is 0.309 e. The molecule has 0 saturated heterocycles. The molecule has 1 N–H and O–H groups in total. The quantitative estimate of drug-likeness (QED) is 0.928. The number of carboxylic acid groups (broad SMARTS) is 1. The normalized spacial score (nSPS) is 10.6. The van der Waals surface area contributed by atoms with Gasteiger partial charge in [0.15, 0.2) is 0 Å². The van der Waals surface area contributed by atoms with E-state index in [-0.39, 0.29) is 6.42 Å². The molecule has 0 aliphatic rings. The number of aryl methyl sites for hydroxylation is 1. The van der Waals surface area contributed by atoms with Crippen molar-refractivity contribution in [2.45, 2.75) is 27.2 Å². The second-order valence-corrected chi connectivity index (χ2v) is 4.74. The highest BCUT2D eigenvalue weighted by Crippen LogP contribution is 2.33. The first-order valence-electron chi connectivity index (χ1n) is 6.25. The summed E-state index contributed by atoms with van der Waals surface area (Å²) in [7, 11) is 1.64. The van der Waals surface area contributed by atoms with Gasteiger partial charge in [0.2, 0.25) is 5.89 Å². The number of ether oxygens (including phenoxy) is 1. The molecule has 0 aliphatic carbocycles. The maximum absolute atomic E-state index is 10.7. The summed E-state index contributed by atoms with van der Waals surface area (Å²) in [6.45, 7) is 5.90. The lowest BCUT2D eigenvalue weighted by molar-refractivity contribution is -0.136. The molecule has 5 heteroatoms. The Morgan fingerprint density at radius 3 is 2.65 bits per heavy atom. The van der Waals surface area contributed by atoms with Crippen LogP contribution in [0.25, 0.3) is 11.5 Å². The predicted octanol–water partition coefficient (Wildman–Crippen LogP) is 2.90. The number of aromatic nitrogens is 1. The van der Waals surface area contributed by atoms with E-state index in [1.807, 2.05) is 26.8 Å². The SMILES string of the molecule is COc1c(C)cc(-c2nc(CC(=O)O)co2)c(C)c1C. The van der Waals surface area contributed by atoms with Gasteiger partial charge in [-0.15, -0.1) is 0 Å². The Bertz CT molecular complexity index is 658. The summed E-state index contributed by atoms with van der Waals surface area (Å²) >= 11 is 0. The molecule has 1 heterocycles. The number of hydrogen-bond donors (Lipinski definition) is 1. The standard InChI is InChI=1S/C15H17NO4/c1-8-5-12(9(2)10(3)14(8)19-4)15-16-11(7-20-15)6-13(17)18/h5,7H,6H2,1-4H3,(H,17,18). The van der Waals surface area contributed by atoms with Crippen LogP contribution in [0.3, 0.4) is 0 Å². The van der Waals surface area contributed by atoms with Crippen LogP contribution in [-0.4, -0.2) is 23.2 Å². The number of carbonyl (C=O) groups is 1. The zero-order valence-corrected chi connectivity index (χ0v) is 12.0. The number of nitrogens with zero attached hydrogens (tertiary/aromatic N) is 1. The van der Waals surface area contributed by atoms with Gasteiger partial charge in [-0.3, -0.25) is 4.79 Å². The van der Waals surface area contributed by atoms with E-state index in [2.05, 4.69) is 4.98 Å². The zero-order chi connectivity index (χ0) is 14.9. The summed E-state index contributed by atoms with van der Waals surface area (Å²) in [4.78, 5) is 14.9. The molecule has 0 atom stereocenters. The number of carboxylic acids is 1. The topological polar surface area (TPSA) is 72.6 Å². The van der Waals surface area contributed by atoms with E-state index in [0.717, 1.165) is 28.0 Å². The lowest BCUT2D eigenvalue weighted by Gasteiger charge is -2.13. The van der Waals surface area contributed by atoms with Crippen molar-refractivity contribution in [1.82, 2.24) is 4.98 Å². The molecular weight excluding hydrogens is 258 g/mol. The first kappa shape index (κ1) is 14.1. The Morgan fingerprint density at radius 2 is 2.05 bits per heavy atom. The van der Waals surface area contributed by atoms with E-state index < -0.39 is 5.97 Å². The summed E-state index contributed by atoms with van der Waals surface area (Å²) in [5, 5.41) is 8.76. The third kappa shape index (κ3) is 2.52. The Balaban J connectivity index is 2.48. The van der Waals surface area contributed by atoms with Crippen LogP contribution in [0.15, 0.2) is 16.7 Å². The molecule has 0 fully saturated rings. The molecular formula is C15H17NO4. The van der Waals surface area contributed by atoms with Gasteiger partial charge in [-0.25, -0.2) is 4.98 Å². The number of oxazole rings is 1. The summed E-state index contributed by atoms with van der Waals surface area (Å²) in [6.07, 6.45) is 1.24. The van der Waals surface area contributed by atoms with Gasteiger partial charge in [0, 0.05) is 5.56 Å². The Morgan fingerprint density at radius 1 is 1.35 bits per heavy atom. The van der Waals surface area contributed by atoms with Crippen LogP contribution >= 0.6 is 0 Å². The van der Waals surface area contributed by atoms with Crippen molar-refractivity contribution in [3.05, 3.63) is 34.7 Å². The average Bonchev–Trinajstić information content (AvgIpc) is 2.82. The Hall–Kier alpha value is -2.30. The molecule has 2 rings (SSSR count). The molecule has 0 radical (unpaired) electrons. The highest BCUT2D eigenvalue weighted by molar-refractivity contribution is 5.70. The molecule has 2 aromatic rings. The van der Waals surface area contributed by atoms with Crippen LogP contribution < -0.4 is 4.74 Å². The van der Waals surface area contributed by atoms with Gasteiger partial charge < -0.3 is 14.3 Å². The maximum atomic E-state index is 10.7. The van der Waals surface area contributed by atoms with Crippen LogP contribution in [0.1, 0.15) is 22.4 Å². The number of rotatable bonds is 4. The lowest BCUT2D eigenvalue weighted by Crippen LogP contribution is -2.00. The fourth-order valence-electron chi connectivity index (χ4n) is 2.26. The van der Waals surface area contributed by atoms with E-state index in [9.17, 15) is 4.79 Å². The molecule has 0 unspecified atom stereocenters. The molecule has 0 saturated carbocycles. The minimum atomic E-state index is -0.927. The molecule has 1 aromatic heterocycles. The lowest BCUT2D eigenvalue weighted by atomic mass is 9.98. The first-order chi connectivity index (χ1) is 9.43. The van der Waals surface area contributed by atoms with E-state index in [1.54, 1.807) is 7.11 Å². The van der Waals surface area contributed by atoms with E-state index in [0.29, 0.717) is 11.6 Å². The highest BCUT2D eigenvalue weighted by Gasteiger charge is 2.16. The fraction of sp³-hybridized carbons (Fsp3) is 0.333. The van der Waals surface area contributed by atoms with Crippen molar-refractivity contribution in [2.75, 3.05) is 7.11 Å². The third-order valence-electron chi connectivity index (χ3n) is 3.34. The Kier molecular flexibility index (Phi) is 3.79. The van der Waals surface area contributed by atoms with E-state index >= 15 is 0 Å². The monoisotopic (exact) mass is 275 g/mol. The van der Waals surface area contributed by atoms with E-state index in [4.69, 9.17) is 14.3 Å². The van der Waals surface area contributed by atoms with Crippen LogP contribution in [0.5, 0.6) is 5.75 Å². The van der Waals surface area contributed by atoms with Gasteiger partial charge in [-0.1, -0.05) is 0 Å². The van der Waals surface area contributed by atoms with Crippen molar-refractivity contribution in [1.29, 1.82) is 0 Å². The highest BCUT2D eigenvalue weighted by atomic mass is 16.5. The summed E-state index contributed by atoms with van der Waals surface area (Å²) < 4.78 is 10.8. The van der Waals surface area contributed by atoms with Gasteiger partial charge in [0.05, 0.1) is 19.2 Å². The van der Waals surface area contributed by atoms with Crippen molar-refractivity contribution in [2.24, 2.45) is 0 Å². The second kappa shape index (κ2) is 5.36. The molecule has 0 aliphatic heterocycles. The van der Waals surface area contributed by atoms with Gasteiger partial charge in [0.25, 0.3) is 0 Å². The largest absolute Gasteiger partial charge is 0.496 e.